The van der Waals surface area contributed by atoms with Crippen molar-refractivity contribution in [3.05, 3.63) is 75.5 Å². The van der Waals surface area contributed by atoms with E-state index in [0.717, 1.165) is 29.5 Å². The molecular formula is C32H36Cl2F2N3O8S+. The molecule has 3 aromatic rings. The van der Waals surface area contributed by atoms with Crippen LogP contribution in [0.1, 0.15) is 40.4 Å². The van der Waals surface area contributed by atoms with E-state index in [4.69, 9.17) is 37.4 Å². The van der Waals surface area contributed by atoms with Gasteiger partial charge in [0.15, 0.2) is 23.9 Å². The van der Waals surface area contributed by atoms with Gasteiger partial charge in [0.05, 0.1) is 37.3 Å². The normalized spacial score (nSPS) is 16.0. The summed E-state index contributed by atoms with van der Waals surface area (Å²) in [6.45, 7) is 0.0452. The van der Waals surface area contributed by atoms with Crippen molar-refractivity contribution in [3.8, 4) is 17.2 Å². The van der Waals surface area contributed by atoms with Crippen LogP contribution in [0.15, 0.2) is 48.8 Å². The quantitative estimate of drug-likeness (QED) is 0.211. The summed E-state index contributed by atoms with van der Waals surface area (Å²) in [6.07, 6.45) is 4.85. The smallest absolute Gasteiger partial charge is 0.387 e. The lowest BCUT2D eigenvalue weighted by Gasteiger charge is -2.30. The Morgan fingerprint density at radius 1 is 1.10 bits per heavy atom. The zero-order chi connectivity index (χ0) is 34.4. The number of carbonyl (C=O) groups is 1. The number of aromatic nitrogens is 1. The van der Waals surface area contributed by atoms with Gasteiger partial charge in [0.25, 0.3) is 0 Å². The van der Waals surface area contributed by atoms with Crippen LogP contribution >= 0.6 is 23.2 Å². The number of halogens is 4. The Morgan fingerprint density at radius 3 is 2.46 bits per heavy atom. The summed E-state index contributed by atoms with van der Waals surface area (Å²) in [5, 5.41) is 11.1. The average molecular weight is 732 g/mol. The van der Waals surface area contributed by atoms with Gasteiger partial charge < -0.3 is 24.1 Å². The third kappa shape index (κ3) is 9.82. The Bertz CT molecular complexity index is 1690. The number of rotatable bonds is 15. The number of ether oxygens (including phenoxy) is 4. The monoisotopic (exact) mass is 730 g/mol. The standard InChI is InChI=1S/C32H35Cl2F2N3O8S/c1-48(42,43)39(7-6-38-8-10-44-11-9-38)23-12-22(13-24(40)15-23)31(41)46-29(16-25-26(33)17-37-18-27(25)34)21-4-5-28(47-32(35)36)30(14-21)45-19-20-2-3-20/h4-5,12-15,17-18,20,29,32,40H,2-3,6-11,16,19H2,1H3/p+1/t29-/m0/s1. The highest BCUT2D eigenvalue weighted by Crippen LogP contribution is 2.38. The number of hydrogen-bond donors (Lipinski definition) is 1. The molecule has 16 heteroatoms. The van der Waals surface area contributed by atoms with Crippen LogP contribution in [0.5, 0.6) is 17.2 Å². The lowest BCUT2D eigenvalue weighted by molar-refractivity contribution is -0.377. The first-order chi connectivity index (χ1) is 22.9. The van der Waals surface area contributed by atoms with E-state index in [-0.39, 0.29) is 51.5 Å². The number of nitrogens with zero attached hydrogens (tertiary/aromatic N) is 2. The molecule has 48 heavy (non-hydrogen) atoms. The van der Waals surface area contributed by atoms with Crippen LogP contribution in [-0.4, -0.2) is 83.3 Å². The molecule has 0 bridgehead atoms. The molecule has 2 fully saturated rings. The molecule has 11 nitrogen and oxygen atoms in total. The largest absolute Gasteiger partial charge is 0.508 e. The van der Waals surface area contributed by atoms with Crippen LogP contribution < -0.4 is 18.8 Å². The van der Waals surface area contributed by atoms with Crippen LogP contribution in [0.2, 0.25) is 10.0 Å². The molecule has 1 saturated heterocycles. The summed E-state index contributed by atoms with van der Waals surface area (Å²) in [5.74, 6) is -1.09. The summed E-state index contributed by atoms with van der Waals surface area (Å²) in [7, 11) is -3.82. The Kier molecular flexibility index (Phi) is 11.8. The van der Waals surface area contributed by atoms with E-state index in [2.05, 4.69) is 14.6 Å². The molecule has 1 aliphatic carbocycles. The van der Waals surface area contributed by atoms with Crippen LogP contribution in [-0.2, 0) is 25.9 Å². The van der Waals surface area contributed by atoms with Gasteiger partial charge in [-0.3, -0.25) is 9.21 Å². The summed E-state index contributed by atoms with van der Waals surface area (Å²) in [6, 6.07) is 7.95. The minimum Gasteiger partial charge on any atom is -0.508 e. The fourth-order valence-electron chi connectivity index (χ4n) is 5.21. The number of benzene rings is 2. The first kappa shape index (κ1) is 35.9. The van der Waals surface area contributed by atoms with Crippen molar-refractivity contribution < 1.29 is 51.0 Å². The second-order valence-corrected chi connectivity index (χ2v) is 14.3. The molecule has 0 radical (unpaired) electrons. The maximum absolute atomic E-state index is 13.7. The highest BCUT2D eigenvalue weighted by molar-refractivity contribution is 7.92. The zero-order valence-electron chi connectivity index (χ0n) is 26.0. The van der Waals surface area contributed by atoms with Crippen LogP contribution in [0.4, 0.5) is 14.5 Å². The number of sulfonamides is 1. The summed E-state index contributed by atoms with van der Waals surface area (Å²) in [4.78, 5) is 18.6. The van der Waals surface area contributed by atoms with Gasteiger partial charge in [-0.25, -0.2) is 18.2 Å². The number of aromatic amines is 1. The number of H-pyrrole nitrogens is 1. The third-order valence-corrected chi connectivity index (χ3v) is 9.78. The molecule has 2 heterocycles. The lowest BCUT2D eigenvalue weighted by Crippen LogP contribution is -2.43. The van der Waals surface area contributed by atoms with E-state index in [1.165, 1.54) is 42.7 Å². The van der Waals surface area contributed by atoms with E-state index in [1.807, 2.05) is 0 Å². The zero-order valence-corrected chi connectivity index (χ0v) is 28.4. The SMILES string of the molecule is CS(=O)(=O)N(CCN1CCOCC1)c1cc(O)cc(C(=O)O[C@@H](Cc2c(Cl)c[nH+]cc2Cl)c2ccc(OC(F)F)c(OCC3CC3)c2)c1. The molecule has 0 spiro atoms. The number of hydrogen-bond acceptors (Lipinski definition) is 9. The van der Waals surface area contributed by atoms with Crippen molar-refractivity contribution >= 4 is 44.9 Å². The number of phenolic OH excluding ortho intramolecular Hbond substituents is 1. The molecule has 2 N–H and O–H groups in total. The lowest BCUT2D eigenvalue weighted by atomic mass is 10.0. The molecular weight excluding hydrogens is 695 g/mol. The minimum atomic E-state index is -3.82. The second-order valence-electron chi connectivity index (χ2n) is 11.6. The van der Waals surface area contributed by atoms with Crippen molar-refractivity contribution in [2.75, 3.05) is 56.6 Å². The first-order valence-corrected chi connectivity index (χ1v) is 17.9. The van der Waals surface area contributed by atoms with Crippen LogP contribution in [0.25, 0.3) is 0 Å². The topological polar surface area (TPSA) is 129 Å². The number of aromatic hydroxyl groups is 1. The highest BCUT2D eigenvalue weighted by Gasteiger charge is 2.28. The first-order valence-electron chi connectivity index (χ1n) is 15.3. The van der Waals surface area contributed by atoms with Crippen LogP contribution in [0, 0.1) is 5.92 Å². The number of morpholine rings is 1. The number of alkyl halides is 2. The van der Waals surface area contributed by atoms with E-state index in [9.17, 15) is 27.1 Å². The van der Waals surface area contributed by atoms with E-state index in [0.29, 0.717) is 56.5 Å². The van der Waals surface area contributed by atoms with Crippen LogP contribution in [0.3, 0.4) is 0 Å². The second kappa shape index (κ2) is 15.9. The molecule has 0 amide bonds. The van der Waals surface area contributed by atoms with Gasteiger partial charge in [0.2, 0.25) is 10.0 Å². The Labute approximate surface area is 287 Å². The Hall–Kier alpha value is -3.43. The molecule has 0 unspecified atom stereocenters. The summed E-state index contributed by atoms with van der Waals surface area (Å²) in [5.41, 5.74) is 0.741. The van der Waals surface area contributed by atoms with Crippen molar-refractivity contribution in [1.82, 2.24) is 4.90 Å². The molecule has 2 aliphatic rings. The molecule has 1 atom stereocenters. The predicted molar refractivity (Wildman–Crippen MR) is 174 cm³/mol. The van der Waals surface area contributed by atoms with Crippen molar-refractivity contribution in [2.45, 2.75) is 32.0 Å². The van der Waals surface area contributed by atoms with Crippen molar-refractivity contribution in [2.24, 2.45) is 5.92 Å². The minimum absolute atomic E-state index is 0.0319. The fourth-order valence-corrected chi connectivity index (χ4v) is 6.64. The highest BCUT2D eigenvalue weighted by atomic mass is 35.5. The molecule has 1 aliphatic heterocycles. The Morgan fingerprint density at radius 2 is 1.81 bits per heavy atom. The summed E-state index contributed by atoms with van der Waals surface area (Å²) >= 11 is 12.9. The maximum atomic E-state index is 13.7. The maximum Gasteiger partial charge on any atom is 0.387 e. The van der Waals surface area contributed by atoms with Gasteiger partial charge in [-0.15, -0.1) is 0 Å². The van der Waals surface area contributed by atoms with Gasteiger partial charge in [-0.1, -0.05) is 29.3 Å². The number of nitrogens with one attached hydrogen (secondary N) is 1. The third-order valence-electron chi connectivity index (χ3n) is 7.91. The van der Waals surface area contributed by atoms with Gasteiger partial charge in [-0.05, 0) is 48.6 Å². The number of phenols is 1. The molecule has 2 aromatic carbocycles. The van der Waals surface area contributed by atoms with Gasteiger partial charge >= 0.3 is 12.6 Å². The van der Waals surface area contributed by atoms with E-state index in [1.54, 1.807) is 0 Å². The molecule has 260 valence electrons. The predicted octanol–water partition coefficient (Wildman–Crippen LogP) is 5.14. The van der Waals surface area contributed by atoms with Crippen molar-refractivity contribution in [3.63, 3.8) is 0 Å². The summed E-state index contributed by atoms with van der Waals surface area (Å²) < 4.78 is 75.0. The fraction of sp³-hybridized carbons (Fsp3) is 0.438. The number of carbonyl (C=O) groups excluding carboxylic acids is 1. The van der Waals surface area contributed by atoms with Gasteiger partial charge in [0, 0.05) is 44.2 Å². The Balaban J connectivity index is 1.46. The average Bonchev–Trinajstić information content (AvgIpc) is 3.86. The molecule has 1 aromatic heterocycles. The van der Waals surface area contributed by atoms with E-state index < -0.39 is 28.7 Å². The van der Waals surface area contributed by atoms with E-state index >= 15 is 0 Å². The number of pyridine rings is 1. The molecule has 1 saturated carbocycles. The number of anilines is 1. The van der Waals surface area contributed by atoms with Gasteiger partial charge in [-0.2, -0.15) is 8.78 Å². The van der Waals surface area contributed by atoms with Crippen molar-refractivity contribution in [1.29, 1.82) is 0 Å². The van der Waals surface area contributed by atoms with Gasteiger partial charge in [0.1, 0.15) is 21.9 Å². The number of esters is 1. The molecule has 5 rings (SSSR count).